The maximum Gasteiger partial charge on any atom is 0.228 e. The van der Waals surface area contributed by atoms with Crippen molar-refractivity contribution in [3.05, 3.63) is 29.8 Å². The van der Waals surface area contributed by atoms with E-state index in [4.69, 9.17) is 0 Å². The smallest absolute Gasteiger partial charge is 0.228 e. The summed E-state index contributed by atoms with van der Waals surface area (Å²) in [5.41, 5.74) is 2.32. The van der Waals surface area contributed by atoms with Crippen molar-refractivity contribution in [3.8, 4) is 0 Å². The zero-order valence-corrected chi connectivity index (χ0v) is 10.4. The Labute approximate surface area is 97.3 Å². The third kappa shape index (κ3) is 1.62. The normalized spacial score (nSPS) is 18.8. The zero-order chi connectivity index (χ0) is 11.9. The molecule has 0 radical (unpaired) electrons. The van der Waals surface area contributed by atoms with Crippen LogP contribution >= 0.6 is 0 Å². The topological polar surface area (TPSA) is 20.3 Å². The van der Waals surface area contributed by atoms with Crippen LogP contribution in [0.25, 0.3) is 0 Å². The van der Waals surface area contributed by atoms with Crippen molar-refractivity contribution >= 4 is 11.6 Å². The molecule has 0 unspecified atom stereocenters. The van der Waals surface area contributed by atoms with Crippen LogP contribution in [-0.4, -0.2) is 11.9 Å². The number of para-hydroxylation sites is 1. The Morgan fingerprint density at radius 1 is 1.25 bits per heavy atom. The second kappa shape index (κ2) is 3.62. The van der Waals surface area contributed by atoms with Gasteiger partial charge in [0.15, 0.2) is 0 Å². The molecule has 0 aromatic heterocycles. The summed E-state index contributed by atoms with van der Waals surface area (Å²) < 4.78 is 0. The van der Waals surface area contributed by atoms with E-state index in [-0.39, 0.29) is 17.4 Å². The van der Waals surface area contributed by atoms with E-state index in [1.54, 1.807) is 0 Å². The van der Waals surface area contributed by atoms with Crippen LogP contribution in [0.3, 0.4) is 0 Å². The fourth-order valence-corrected chi connectivity index (χ4v) is 2.51. The van der Waals surface area contributed by atoms with Gasteiger partial charge in [-0.15, -0.1) is 0 Å². The molecule has 16 heavy (non-hydrogen) atoms. The van der Waals surface area contributed by atoms with E-state index < -0.39 is 0 Å². The van der Waals surface area contributed by atoms with Gasteiger partial charge < -0.3 is 4.90 Å². The van der Waals surface area contributed by atoms with Gasteiger partial charge in [0.2, 0.25) is 5.91 Å². The van der Waals surface area contributed by atoms with E-state index in [2.05, 4.69) is 39.8 Å². The van der Waals surface area contributed by atoms with E-state index in [0.29, 0.717) is 6.42 Å². The largest absolute Gasteiger partial charge is 0.310 e. The molecule has 0 saturated heterocycles. The third-order valence-corrected chi connectivity index (χ3v) is 3.27. The Bertz CT molecular complexity index is 420. The Morgan fingerprint density at radius 3 is 2.50 bits per heavy atom. The van der Waals surface area contributed by atoms with Crippen LogP contribution in [0.1, 0.15) is 39.7 Å². The van der Waals surface area contributed by atoms with E-state index >= 15 is 0 Å². The molecule has 0 fully saturated rings. The Kier molecular flexibility index (Phi) is 2.53. The highest BCUT2D eigenvalue weighted by molar-refractivity contribution is 5.98. The predicted molar refractivity (Wildman–Crippen MR) is 66.7 cm³/mol. The monoisotopic (exact) mass is 217 g/mol. The molecule has 0 aliphatic carbocycles. The standard InChI is InChI=1S/C14H19NO/c1-10(2)15-12-8-6-5-7-11(12)14(3,4)9-13(15)16/h5-8,10H,9H2,1-4H3. The van der Waals surface area contributed by atoms with E-state index in [0.717, 1.165) is 5.69 Å². The van der Waals surface area contributed by atoms with Crippen molar-refractivity contribution in [3.63, 3.8) is 0 Å². The summed E-state index contributed by atoms with van der Waals surface area (Å²) in [5, 5.41) is 0. The lowest BCUT2D eigenvalue weighted by Gasteiger charge is -2.40. The average molecular weight is 217 g/mol. The van der Waals surface area contributed by atoms with E-state index in [1.165, 1.54) is 5.56 Å². The van der Waals surface area contributed by atoms with Gasteiger partial charge in [-0.05, 0) is 25.5 Å². The van der Waals surface area contributed by atoms with Crippen molar-refractivity contribution in [2.24, 2.45) is 0 Å². The molecule has 2 heteroatoms. The number of hydrogen-bond donors (Lipinski definition) is 0. The van der Waals surface area contributed by atoms with Crippen LogP contribution in [0.2, 0.25) is 0 Å². The SMILES string of the molecule is CC(C)N1C(=O)CC(C)(C)c2ccccc21. The third-order valence-electron chi connectivity index (χ3n) is 3.27. The highest BCUT2D eigenvalue weighted by Gasteiger charge is 2.37. The summed E-state index contributed by atoms with van der Waals surface area (Å²) >= 11 is 0. The zero-order valence-electron chi connectivity index (χ0n) is 10.4. The van der Waals surface area contributed by atoms with Crippen LogP contribution in [0, 0.1) is 0 Å². The van der Waals surface area contributed by atoms with Crippen LogP contribution < -0.4 is 4.90 Å². The number of carbonyl (C=O) groups is 1. The lowest BCUT2D eigenvalue weighted by molar-refractivity contribution is -0.120. The first-order valence-electron chi connectivity index (χ1n) is 5.85. The molecule has 1 heterocycles. The molecular weight excluding hydrogens is 198 g/mol. The number of amides is 1. The molecular formula is C14H19NO. The first-order chi connectivity index (χ1) is 7.43. The maximum absolute atomic E-state index is 12.1. The van der Waals surface area contributed by atoms with Crippen molar-refractivity contribution in [2.45, 2.75) is 45.6 Å². The number of benzene rings is 1. The lowest BCUT2D eigenvalue weighted by Crippen LogP contribution is -2.45. The molecule has 86 valence electrons. The van der Waals surface area contributed by atoms with Gasteiger partial charge in [-0.25, -0.2) is 0 Å². The highest BCUT2D eigenvalue weighted by atomic mass is 16.2. The molecule has 1 aliphatic rings. The number of carbonyl (C=O) groups excluding carboxylic acids is 1. The minimum atomic E-state index is -0.0426. The molecule has 0 bridgehead atoms. The van der Waals surface area contributed by atoms with Crippen LogP contribution in [0.5, 0.6) is 0 Å². The molecule has 1 amide bonds. The number of hydrogen-bond acceptors (Lipinski definition) is 1. The summed E-state index contributed by atoms with van der Waals surface area (Å²) in [6, 6.07) is 8.47. The number of anilines is 1. The second-order valence-corrected chi connectivity index (χ2v) is 5.44. The van der Waals surface area contributed by atoms with Crippen LogP contribution in [0.15, 0.2) is 24.3 Å². The Hall–Kier alpha value is -1.31. The van der Waals surface area contributed by atoms with Crippen LogP contribution in [-0.2, 0) is 10.2 Å². The second-order valence-electron chi connectivity index (χ2n) is 5.44. The van der Waals surface area contributed by atoms with Crippen molar-refractivity contribution < 1.29 is 4.79 Å². The first kappa shape index (κ1) is 11.2. The van der Waals surface area contributed by atoms with Crippen molar-refractivity contribution in [1.29, 1.82) is 0 Å². The van der Waals surface area contributed by atoms with Crippen molar-refractivity contribution in [1.82, 2.24) is 0 Å². The molecule has 0 N–H and O–H groups in total. The van der Waals surface area contributed by atoms with Gasteiger partial charge in [-0.2, -0.15) is 0 Å². The molecule has 0 saturated carbocycles. The molecule has 2 nitrogen and oxygen atoms in total. The minimum Gasteiger partial charge on any atom is -0.310 e. The molecule has 1 aliphatic heterocycles. The number of nitrogens with zero attached hydrogens (tertiary/aromatic N) is 1. The highest BCUT2D eigenvalue weighted by Crippen LogP contribution is 2.40. The minimum absolute atomic E-state index is 0.0426. The fraction of sp³-hybridized carbons (Fsp3) is 0.500. The van der Waals surface area contributed by atoms with Gasteiger partial charge in [0, 0.05) is 23.6 Å². The summed E-state index contributed by atoms with van der Waals surface area (Å²) in [5.74, 6) is 0.235. The Morgan fingerprint density at radius 2 is 1.88 bits per heavy atom. The first-order valence-corrected chi connectivity index (χ1v) is 5.85. The maximum atomic E-state index is 12.1. The number of rotatable bonds is 1. The van der Waals surface area contributed by atoms with Gasteiger partial charge in [0.1, 0.15) is 0 Å². The summed E-state index contributed by atoms with van der Waals surface area (Å²) in [7, 11) is 0. The van der Waals surface area contributed by atoms with E-state index in [9.17, 15) is 4.79 Å². The van der Waals surface area contributed by atoms with E-state index in [1.807, 2.05) is 17.0 Å². The van der Waals surface area contributed by atoms with Gasteiger partial charge in [-0.1, -0.05) is 32.0 Å². The fourth-order valence-electron chi connectivity index (χ4n) is 2.51. The van der Waals surface area contributed by atoms with Gasteiger partial charge >= 0.3 is 0 Å². The predicted octanol–water partition coefficient (Wildman–Crippen LogP) is 3.11. The lowest BCUT2D eigenvalue weighted by atomic mass is 9.77. The Balaban J connectivity index is 2.59. The molecule has 2 rings (SSSR count). The average Bonchev–Trinajstić information content (AvgIpc) is 2.15. The molecule has 1 aromatic rings. The van der Waals surface area contributed by atoms with Gasteiger partial charge in [-0.3, -0.25) is 4.79 Å². The van der Waals surface area contributed by atoms with Crippen LogP contribution in [0.4, 0.5) is 5.69 Å². The summed E-state index contributed by atoms with van der Waals surface area (Å²) in [6.07, 6.45) is 0.599. The quantitative estimate of drug-likeness (QED) is 0.707. The molecule has 0 spiro atoms. The van der Waals surface area contributed by atoms with Crippen molar-refractivity contribution in [2.75, 3.05) is 4.90 Å². The molecule has 1 aromatic carbocycles. The van der Waals surface area contributed by atoms with Gasteiger partial charge in [0.05, 0.1) is 0 Å². The number of fused-ring (bicyclic) bond motifs is 1. The van der Waals surface area contributed by atoms with Gasteiger partial charge in [0.25, 0.3) is 0 Å². The molecule has 0 atom stereocenters. The summed E-state index contributed by atoms with van der Waals surface area (Å²) in [4.78, 5) is 14.1. The summed E-state index contributed by atoms with van der Waals surface area (Å²) in [6.45, 7) is 8.41.